The molecule has 8 nitrogen and oxygen atoms in total. The molecule has 0 aliphatic heterocycles. The largest absolute Gasteiger partial charge is 0.448 e. The zero-order chi connectivity index (χ0) is 14.7. The number of nitro groups is 2. The molecular formula is C12H9N3O5. The van der Waals surface area contributed by atoms with E-state index in [1.165, 1.54) is 30.3 Å². The van der Waals surface area contributed by atoms with Gasteiger partial charge >= 0.3 is 5.82 Å². The Bertz CT molecular complexity index is 669. The van der Waals surface area contributed by atoms with Gasteiger partial charge in [-0.3, -0.25) is 10.1 Å². The summed E-state index contributed by atoms with van der Waals surface area (Å²) in [4.78, 5) is 24.0. The predicted octanol–water partition coefficient (Wildman–Crippen LogP) is 3.00. The number of nitro benzene ring substituents is 1. The summed E-state index contributed by atoms with van der Waals surface area (Å²) in [5.74, 6) is -0.165. The predicted molar refractivity (Wildman–Crippen MR) is 68.8 cm³/mol. The summed E-state index contributed by atoms with van der Waals surface area (Å²) in [5, 5.41) is 21.4. The van der Waals surface area contributed by atoms with Crippen molar-refractivity contribution < 1.29 is 14.6 Å². The highest BCUT2D eigenvalue weighted by atomic mass is 16.6. The Kier molecular flexibility index (Phi) is 3.56. The number of rotatable bonds is 4. The minimum absolute atomic E-state index is 0.0190. The molecule has 102 valence electrons. The van der Waals surface area contributed by atoms with Crippen LogP contribution in [0.2, 0.25) is 0 Å². The molecule has 0 bridgehead atoms. The van der Waals surface area contributed by atoms with Crippen LogP contribution >= 0.6 is 0 Å². The summed E-state index contributed by atoms with van der Waals surface area (Å²) in [6.07, 6.45) is 0. The van der Waals surface area contributed by atoms with Gasteiger partial charge in [0.25, 0.3) is 5.69 Å². The molecule has 8 heteroatoms. The van der Waals surface area contributed by atoms with Crippen LogP contribution in [0.3, 0.4) is 0 Å². The molecule has 0 unspecified atom stereocenters. The van der Waals surface area contributed by atoms with Crippen LogP contribution in [0.25, 0.3) is 0 Å². The molecule has 0 amide bonds. The maximum absolute atomic E-state index is 10.9. The summed E-state index contributed by atoms with van der Waals surface area (Å²) in [7, 11) is 0. The molecule has 0 N–H and O–H groups in total. The zero-order valence-corrected chi connectivity index (χ0v) is 10.3. The highest BCUT2D eigenvalue weighted by Gasteiger charge is 2.18. The summed E-state index contributed by atoms with van der Waals surface area (Å²) < 4.78 is 5.33. The van der Waals surface area contributed by atoms with E-state index in [0.29, 0.717) is 5.69 Å². The number of non-ortho nitro benzene ring substituents is 1. The smallest absolute Gasteiger partial charge is 0.407 e. The van der Waals surface area contributed by atoms with Gasteiger partial charge in [-0.1, -0.05) is 0 Å². The fourth-order valence-corrected chi connectivity index (χ4v) is 1.50. The molecular weight excluding hydrogens is 266 g/mol. The van der Waals surface area contributed by atoms with Crippen LogP contribution < -0.4 is 4.74 Å². The number of aromatic nitrogens is 1. The minimum Gasteiger partial charge on any atom is -0.448 e. The van der Waals surface area contributed by atoms with Crippen molar-refractivity contribution in [1.82, 2.24) is 4.98 Å². The number of benzene rings is 1. The lowest BCUT2D eigenvalue weighted by Gasteiger charge is -2.05. The lowest BCUT2D eigenvalue weighted by Crippen LogP contribution is -1.97. The van der Waals surface area contributed by atoms with Crippen molar-refractivity contribution in [3.8, 4) is 11.5 Å². The van der Waals surface area contributed by atoms with E-state index >= 15 is 0 Å². The first-order valence-electron chi connectivity index (χ1n) is 5.52. The van der Waals surface area contributed by atoms with Gasteiger partial charge in [-0.2, -0.15) is 0 Å². The number of aryl methyl sites for hydroxylation is 1. The minimum atomic E-state index is -0.645. The third-order valence-corrected chi connectivity index (χ3v) is 2.43. The van der Waals surface area contributed by atoms with Gasteiger partial charge in [0, 0.05) is 19.1 Å². The van der Waals surface area contributed by atoms with Crippen LogP contribution in [0.5, 0.6) is 11.5 Å². The molecule has 0 radical (unpaired) electrons. The monoisotopic (exact) mass is 275 g/mol. The molecule has 0 aliphatic carbocycles. The van der Waals surface area contributed by atoms with Crippen LogP contribution in [-0.2, 0) is 0 Å². The fraction of sp³-hybridized carbons (Fsp3) is 0.0833. The quantitative estimate of drug-likeness (QED) is 0.626. The van der Waals surface area contributed by atoms with Gasteiger partial charge in [0.1, 0.15) is 11.4 Å². The first kappa shape index (κ1) is 13.4. The molecule has 2 rings (SSSR count). The summed E-state index contributed by atoms with van der Waals surface area (Å²) in [6, 6.07) is 8.24. The number of hydrogen-bond donors (Lipinski definition) is 0. The molecule has 20 heavy (non-hydrogen) atoms. The first-order valence-corrected chi connectivity index (χ1v) is 5.52. The molecule has 1 heterocycles. The second kappa shape index (κ2) is 5.31. The number of hydrogen-bond acceptors (Lipinski definition) is 6. The fourth-order valence-electron chi connectivity index (χ4n) is 1.50. The van der Waals surface area contributed by atoms with E-state index in [1.807, 2.05) is 0 Å². The second-order valence-electron chi connectivity index (χ2n) is 3.88. The van der Waals surface area contributed by atoms with Gasteiger partial charge in [-0.05, 0) is 34.2 Å². The third-order valence-electron chi connectivity index (χ3n) is 2.43. The normalized spacial score (nSPS) is 10.1. The molecule has 0 saturated carbocycles. The van der Waals surface area contributed by atoms with Gasteiger partial charge in [-0.25, -0.2) is 0 Å². The number of ether oxygens (including phenoxy) is 1. The van der Waals surface area contributed by atoms with Gasteiger partial charge in [0.15, 0.2) is 0 Å². The van der Waals surface area contributed by atoms with E-state index < -0.39 is 15.7 Å². The first-order chi connectivity index (χ1) is 9.47. The Hall–Kier alpha value is -3.03. The molecule has 0 atom stereocenters. The molecule has 0 fully saturated rings. The summed E-state index contributed by atoms with van der Waals surface area (Å²) in [6.45, 7) is 1.63. The van der Waals surface area contributed by atoms with E-state index in [4.69, 9.17) is 4.74 Å². The Labute approximate surface area is 112 Å². The number of pyridine rings is 1. The Morgan fingerprint density at radius 2 is 1.65 bits per heavy atom. The van der Waals surface area contributed by atoms with Crippen molar-refractivity contribution in [3.63, 3.8) is 0 Å². The maximum atomic E-state index is 10.9. The maximum Gasteiger partial charge on any atom is 0.407 e. The highest BCUT2D eigenvalue weighted by Crippen LogP contribution is 2.30. The molecule has 1 aromatic carbocycles. The van der Waals surface area contributed by atoms with Gasteiger partial charge in [-0.15, -0.1) is 0 Å². The lowest BCUT2D eigenvalue weighted by molar-refractivity contribution is -0.390. The van der Waals surface area contributed by atoms with Crippen LogP contribution in [0.1, 0.15) is 5.69 Å². The zero-order valence-electron chi connectivity index (χ0n) is 10.3. The highest BCUT2D eigenvalue weighted by molar-refractivity contribution is 5.45. The van der Waals surface area contributed by atoms with Crippen molar-refractivity contribution in [2.24, 2.45) is 0 Å². The SMILES string of the molecule is Cc1ccc(Oc2ccc([N+](=O)[O-])cc2)c([N+](=O)[O-])n1. The van der Waals surface area contributed by atoms with Crippen molar-refractivity contribution >= 4 is 11.5 Å². The van der Waals surface area contributed by atoms with Gasteiger partial charge < -0.3 is 14.9 Å². The van der Waals surface area contributed by atoms with Crippen LogP contribution in [0.15, 0.2) is 36.4 Å². The Balaban J connectivity index is 2.30. The topological polar surface area (TPSA) is 108 Å². The van der Waals surface area contributed by atoms with E-state index in [2.05, 4.69) is 4.98 Å². The van der Waals surface area contributed by atoms with Gasteiger partial charge in [0.2, 0.25) is 5.75 Å². The van der Waals surface area contributed by atoms with Crippen LogP contribution in [0, 0.1) is 27.2 Å². The van der Waals surface area contributed by atoms with E-state index in [0.717, 1.165) is 0 Å². The van der Waals surface area contributed by atoms with E-state index in [-0.39, 0.29) is 17.2 Å². The average Bonchev–Trinajstić information content (AvgIpc) is 2.41. The molecule has 0 aliphatic rings. The lowest BCUT2D eigenvalue weighted by atomic mass is 10.3. The summed E-state index contributed by atoms with van der Waals surface area (Å²) >= 11 is 0. The Morgan fingerprint density at radius 1 is 1.00 bits per heavy atom. The molecule has 1 aromatic heterocycles. The van der Waals surface area contributed by atoms with E-state index in [1.54, 1.807) is 13.0 Å². The Morgan fingerprint density at radius 3 is 2.20 bits per heavy atom. The van der Waals surface area contributed by atoms with Crippen molar-refractivity contribution in [2.45, 2.75) is 6.92 Å². The second-order valence-corrected chi connectivity index (χ2v) is 3.88. The summed E-state index contributed by atoms with van der Waals surface area (Å²) in [5.41, 5.74) is 0.404. The number of nitrogens with zero attached hydrogens (tertiary/aromatic N) is 3. The van der Waals surface area contributed by atoms with Crippen molar-refractivity contribution in [2.75, 3.05) is 0 Å². The van der Waals surface area contributed by atoms with Gasteiger partial charge in [0.05, 0.1) is 4.92 Å². The molecule has 0 spiro atoms. The average molecular weight is 275 g/mol. The van der Waals surface area contributed by atoms with E-state index in [9.17, 15) is 20.2 Å². The van der Waals surface area contributed by atoms with Crippen molar-refractivity contribution in [1.29, 1.82) is 0 Å². The third kappa shape index (κ3) is 2.86. The van der Waals surface area contributed by atoms with Crippen molar-refractivity contribution in [3.05, 3.63) is 62.3 Å². The molecule has 2 aromatic rings. The molecule has 0 saturated heterocycles. The standard InChI is InChI=1S/C12H9N3O5/c1-8-2-7-11(12(13-8)15(18)19)20-10-5-3-9(4-6-10)14(16)17/h2-7H,1H3. The van der Waals surface area contributed by atoms with Crippen LogP contribution in [0.4, 0.5) is 11.5 Å². The van der Waals surface area contributed by atoms with Crippen LogP contribution in [-0.4, -0.2) is 14.8 Å².